The van der Waals surface area contributed by atoms with E-state index in [4.69, 9.17) is 0 Å². The Morgan fingerprint density at radius 2 is 1.63 bits per heavy atom. The Hall–Kier alpha value is -1.37. The van der Waals surface area contributed by atoms with E-state index in [9.17, 15) is 17.6 Å². The largest absolute Gasteiger partial charge is 0.389 e. The molecule has 0 N–H and O–H groups in total. The van der Waals surface area contributed by atoms with Crippen molar-refractivity contribution < 1.29 is 17.6 Å². The molecule has 2 nitrogen and oxygen atoms in total. The first-order valence-electron chi connectivity index (χ1n) is 5.77. The molecule has 0 bridgehead atoms. The molecule has 0 atom stereocenters. The highest BCUT2D eigenvalue weighted by molar-refractivity contribution is 6.78. The van der Waals surface area contributed by atoms with Gasteiger partial charge in [-0.1, -0.05) is 31.8 Å². The highest BCUT2D eigenvalue weighted by atomic mass is 28.3. The maximum absolute atomic E-state index is 14.2. The van der Waals surface area contributed by atoms with E-state index >= 15 is 0 Å². The summed E-state index contributed by atoms with van der Waals surface area (Å²) in [5, 5.41) is 0. The van der Waals surface area contributed by atoms with E-state index in [1.165, 1.54) is 37.8 Å². The molecule has 0 radical (unpaired) electrons. The van der Waals surface area contributed by atoms with Crippen LogP contribution in [0.1, 0.15) is 0 Å². The summed E-state index contributed by atoms with van der Waals surface area (Å²) >= 11 is 0. The zero-order valence-corrected chi connectivity index (χ0v) is 11.8. The van der Waals surface area contributed by atoms with Crippen molar-refractivity contribution in [2.45, 2.75) is 31.2 Å². The van der Waals surface area contributed by atoms with Gasteiger partial charge in [-0.2, -0.15) is 8.78 Å². The molecule has 1 aromatic carbocycles. The zero-order chi connectivity index (χ0) is 14.5. The summed E-state index contributed by atoms with van der Waals surface area (Å²) in [7, 11) is -3.40. The third-order valence-electron chi connectivity index (χ3n) is 3.08. The van der Waals surface area contributed by atoms with Gasteiger partial charge in [-0.15, -0.1) is 0 Å². The number of alkyl halides is 4. The van der Waals surface area contributed by atoms with Crippen molar-refractivity contribution in [2.75, 3.05) is 0 Å². The summed E-state index contributed by atoms with van der Waals surface area (Å²) in [6, 6.07) is 1.72. The fraction of sp³-hybridized carbons (Fsp3) is 0.417. The number of aromatic nitrogens is 2. The number of fused-ring (bicyclic) bond motifs is 1. The van der Waals surface area contributed by atoms with Crippen LogP contribution in [0.15, 0.2) is 30.6 Å². The molecular formula is C12H14F4N2Si. The van der Waals surface area contributed by atoms with Gasteiger partial charge >= 0.3 is 11.6 Å². The third kappa shape index (κ3) is 1.96. The maximum Gasteiger partial charge on any atom is 0.389 e. The Bertz CT molecular complexity index is 601. The molecule has 1 heterocycles. The molecule has 0 aliphatic carbocycles. The summed E-state index contributed by atoms with van der Waals surface area (Å²) in [5.74, 6) is 0. The van der Waals surface area contributed by atoms with Gasteiger partial charge < -0.3 is 0 Å². The molecule has 2 aromatic rings. The van der Waals surface area contributed by atoms with E-state index in [1.807, 2.05) is 0 Å². The molecule has 0 saturated heterocycles. The Kier molecular flexibility index (Phi) is 3.00. The summed E-state index contributed by atoms with van der Waals surface area (Å²) in [5.41, 5.74) is -3.79. The number of hydrogen-bond acceptors (Lipinski definition) is 1. The van der Waals surface area contributed by atoms with Crippen LogP contribution in [0.3, 0.4) is 0 Å². The van der Waals surface area contributed by atoms with Gasteiger partial charge in [0.15, 0.2) is 0 Å². The van der Waals surface area contributed by atoms with Gasteiger partial charge in [0.2, 0.25) is 0 Å². The van der Waals surface area contributed by atoms with E-state index in [0.717, 1.165) is 6.33 Å². The van der Waals surface area contributed by atoms with Crippen molar-refractivity contribution in [3.63, 3.8) is 0 Å². The summed E-state index contributed by atoms with van der Waals surface area (Å²) in [6.07, 6.45) is 0.777. The lowest BCUT2D eigenvalue weighted by Crippen LogP contribution is -2.58. The van der Waals surface area contributed by atoms with Gasteiger partial charge in [0.1, 0.15) is 14.4 Å². The Morgan fingerprint density at radius 1 is 1.05 bits per heavy atom. The zero-order valence-electron chi connectivity index (χ0n) is 10.8. The normalized spacial score (nSPS) is 14.1. The quantitative estimate of drug-likeness (QED) is 0.615. The Labute approximate surface area is 109 Å². The molecule has 0 spiro atoms. The van der Waals surface area contributed by atoms with Crippen molar-refractivity contribution in [1.82, 2.24) is 9.55 Å². The SMILES string of the molecule is C[Si](C)(C)C(F)(F)C(F)(F)n1cnc2ccccc21. The molecule has 0 unspecified atom stereocenters. The molecule has 19 heavy (non-hydrogen) atoms. The highest BCUT2D eigenvalue weighted by Crippen LogP contribution is 2.45. The van der Waals surface area contributed by atoms with Crippen molar-refractivity contribution in [2.24, 2.45) is 0 Å². The number of imidazole rings is 1. The highest BCUT2D eigenvalue weighted by Gasteiger charge is 2.65. The summed E-state index contributed by atoms with van der Waals surface area (Å²) in [4.78, 5) is 3.75. The molecule has 7 heteroatoms. The first-order chi connectivity index (χ1) is 8.59. The van der Waals surface area contributed by atoms with Crippen molar-refractivity contribution in [1.29, 1.82) is 0 Å². The molecule has 0 aliphatic rings. The number of para-hydroxylation sites is 2. The Morgan fingerprint density at radius 3 is 2.21 bits per heavy atom. The van der Waals surface area contributed by atoms with Crippen LogP contribution in [-0.4, -0.2) is 23.2 Å². The molecule has 104 valence electrons. The van der Waals surface area contributed by atoms with Crippen molar-refractivity contribution in [3.8, 4) is 0 Å². The predicted octanol–water partition coefficient (Wildman–Crippen LogP) is 4.10. The van der Waals surface area contributed by atoms with Gasteiger partial charge in [0, 0.05) is 0 Å². The number of nitrogens with zero attached hydrogens (tertiary/aromatic N) is 2. The first-order valence-corrected chi connectivity index (χ1v) is 9.27. The second-order valence-corrected chi connectivity index (χ2v) is 10.6. The number of halogens is 4. The minimum absolute atomic E-state index is 0.00502. The lowest BCUT2D eigenvalue weighted by Gasteiger charge is -2.35. The lowest BCUT2D eigenvalue weighted by atomic mass is 10.3. The first kappa shape index (κ1) is 14.0. The van der Waals surface area contributed by atoms with Crippen LogP contribution in [0, 0.1) is 0 Å². The van der Waals surface area contributed by atoms with Crippen LogP contribution in [0.4, 0.5) is 17.6 Å². The second-order valence-electron chi connectivity index (χ2n) is 5.47. The fourth-order valence-electron chi connectivity index (χ4n) is 1.79. The summed E-state index contributed by atoms with van der Waals surface area (Å²) in [6.45, 7) is 3.67. The predicted molar refractivity (Wildman–Crippen MR) is 68.2 cm³/mol. The molecule has 0 aliphatic heterocycles. The minimum Gasteiger partial charge on any atom is -0.265 e. The second kappa shape index (κ2) is 4.06. The molecule has 0 fully saturated rings. The van der Waals surface area contributed by atoms with E-state index in [-0.39, 0.29) is 15.6 Å². The summed E-state index contributed by atoms with van der Waals surface area (Å²) < 4.78 is 56.8. The number of rotatable bonds is 3. The van der Waals surface area contributed by atoms with Crippen LogP contribution >= 0.6 is 0 Å². The van der Waals surface area contributed by atoms with E-state index in [0.29, 0.717) is 0 Å². The van der Waals surface area contributed by atoms with Gasteiger partial charge in [-0.3, -0.25) is 4.57 Å². The van der Waals surface area contributed by atoms with Gasteiger partial charge in [-0.25, -0.2) is 13.8 Å². The van der Waals surface area contributed by atoms with Crippen molar-refractivity contribution in [3.05, 3.63) is 30.6 Å². The Balaban J connectivity index is 2.62. The molecule has 0 saturated carbocycles. The molecular weight excluding hydrogens is 276 g/mol. The van der Waals surface area contributed by atoms with E-state index in [2.05, 4.69) is 4.98 Å². The van der Waals surface area contributed by atoms with E-state index in [1.54, 1.807) is 6.07 Å². The molecule has 1 aromatic heterocycles. The van der Waals surface area contributed by atoms with Crippen LogP contribution in [0.5, 0.6) is 0 Å². The van der Waals surface area contributed by atoms with Crippen LogP contribution < -0.4 is 0 Å². The van der Waals surface area contributed by atoms with Crippen molar-refractivity contribution >= 4 is 19.1 Å². The molecule has 0 amide bonds. The van der Waals surface area contributed by atoms with Gasteiger partial charge in [0.05, 0.1) is 11.0 Å². The lowest BCUT2D eigenvalue weighted by molar-refractivity contribution is -0.219. The maximum atomic E-state index is 14.2. The van der Waals surface area contributed by atoms with Gasteiger partial charge in [0.25, 0.3) is 0 Å². The standard InChI is InChI=1S/C12H14F4N2Si/c1-19(2,3)12(15,16)11(13,14)18-8-17-9-6-4-5-7-10(9)18/h4-8H,1-3H3. The fourth-order valence-corrected chi connectivity index (χ4v) is 2.81. The minimum atomic E-state index is -4.28. The number of benzene rings is 1. The topological polar surface area (TPSA) is 17.8 Å². The van der Waals surface area contributed by atoms with E-state index < -0.39 is 19.7 Å². The monoisotopic (exact) mass is 290 g/mol. The molecule has 2 rings (SSSR count). The van der Waals surface area contributed by atoms with Gasteiger partial charge in [-0.05, 0) is 12.1 Å². The number of hydrogen-bond donors (Lipinski definition) is 0. The average molecular weight is 290 g/mol. The van der Waals surface area contributed by atoms with Crippen LogP contribution in [-0.2, 0) is 6.05 Å². The van der Waals surface area contributed by atoms with Crippen LogP contribution in [0.25, 0.3) is 11.0 Å². The van der Waals surface area contributed by atoms with Crippen LogP contribution in [0.2, 0.25) is 19.6 Å². The smallest absolute Gasteiger partial charge is 0.265 e. The average Bonchev–Trinajstić information content (AvgIpc) is 2.71. The third-order valence-corrected chi connectivity index (χ3v) is 5.26.